The van der Waals surface area contributed by atoms with Crippen molar-refractivity contribution in [3.63, 3.8) is 0 Å². The van der Waals surface area contributed by atoms with Crippen molar-refractivity contribution in [1.29, 1.82) is 0 Å². The van der Waals surface area contributed by atoms with E-state index >= 15 is 0 Å². The number of piperidine rings is 1. The normalized spacial score (nSPS) is 27.2. The Balaban J connectivity index is 1.93. The van der Waals surface area contributed by atoms with E-state index in [1.54, 1.807) is 0 Å². The van der Waals surface area contributed by atoms with Crippen molar-refractivity contribution in [2.45, 2.75) is 39.3 Å². The molecule has 3 heteroatoms. The van der Waals surface area contributed by atoms with Gasteiger partial charge in [0.15, 0.2) is 0 Å². The highest BCUT2D eigenvalue weighted by molar-refractivity contribution is 5.07. The molecule has 0 aliphatic carbocycles. The van der Waals surface area contributed by atoms with E-state index in [1.165, 1.54) is 0 Å². The molecule has 1 aromatic rings. The van der Waals surface area contributed by atoms with E-state index in [4.69, 9.17) is 10.2 Å². The molecule has 0 amide bonds. The first kappa shape index (κ1) is 11.7. The van der Waals surface area contributed by atoms with Crippen LogP contribution < -0.4 is 5.73 Å². The summed E-state index contributed by atoms with van der Waals surface area (Å²) in [4.78, 5) is 2.40. The van der Waals surface area contributed by atoms with Gasteiger partial charge in [-0.2, -0.15) is 0 Å². The smallest absolute Gasteiger partial charge is 0.118 e. The van der Waals surface area contributed by atoms with Crippen LogP contribution in [0, 0.1) is 5.92 Å². The zero-order valence-electron chi connectivity index (χ0n) is 10.3. The lowest BCUT2D eigenvalue weighted by Gasteiger charge is -2.34. The summed E-state index contributed by atoms with van der Waals surface area (Å²) < 4.78 is 5.72. The van der Waals surface area contributed by atoms with Crippen molar-refractivity contribution in [3.8, 4) is 0 Å². The van der Waals surface area contributed by atoms with Crippen LogP contribution in [0.25, 0.3) is 0 Å². The molecule has 1 aromatic heterocycles. The third-order valence-electron chi connectivity index (χ3n) is 3.21. The molecule has 2 atom stereocenters. The molecule has 1 aliphatic heterocycles. The van der Waals surface area contributed by atoms with Gasteiger partial charge in [-0.15, -0.1) is 0 Å². The monoisotopic (exact) mass is 222 g/mol. The second-order valence-corrected chi connectivity index (χ2v) is 5.02. The Morgan fingerprint density at radius 2 is 2.12 bits per heavy atom. The van der Waals surface area contributed by atoms with Gasteiger partial charge in [0.2, 0.25) is 0 Å². The van der Waals surface area contributed by atoms with E-state index in [0.29, 0.717) is 12.0 Å². The summed E-state index contributed by atoms with van der Waals surface area (Å²) in [6, 6.07) is 4.48. The first-order valence-corrected chi connectivity index (χ1v) is 6.23. The molecule has 2 heterocycles. The predicted octanol–water partition coefficient (Wildman–Crippen LogP) is 2.01. The molecule has 0 bridgehead atoms. The Hall–Kier alpha value is -0.800. The molecule has 1 fully saturated rings. The van der Waals surface area contributed by atoms with Crippen LogP contribution in [0.15, 0.2) is 16.5 Å². The van der Waals surface area contributed by atoms with Gasteiger partial charge in [0.05, 0.1) is 6.54 Å². The number of hydrogen-bond acceptors (Lipinski definition) is 3. The van der Waals surface area contributed by atoms with Crippen molar-refractivity contribution in [2.24, 2.45) is 11.7 Å². The van der Waals surface area contributed by atoms with Crippen LogP contribution in [-0.4, -0.2) is 24.0 Å². The molecule has 2 unspecified atom stereocenters. The number of nitrogens with two attached hydrogens (primary N) is 1. The van der Waals surface area contributed by atoms with Crippen LogP contribution in [0.5, 0.6) is 0 Å². The summed E-state index contributed by atoms with van der Waals surface area (Å²) in [5.41, 5.74) is 6.03. The molecule has 0 aromatic carbocycles. The molecule has 2 N–H and O–H groups in total. The van der Waals surface area contributed by atoms with Gasteiger partial charge < -0.3 is 10.2 Å². The summed E-state index contributed by atoms with van der Waals surface area (Å²) in [5, 5.41) is 0. The Kier molecular flexibility index (Phi) is 3.66. The topological polar surface area (TPSA) is 42.4 Å². The minimum absolute atomic E-state index is 0.323. The standard InChI is InChI=1S/C13H22N2O/c1-3-12-4-5-13(16-12)9-15-7-10(2)6-11(14)8-15/h4-5,10-11H,3,6-9,14H2,1-2H3. The summed E-state index contributed by atoms with van der Waals surface area (Å²) >= 11 is 0. The number of furan rings is 1. The largest absolute Gasteiger partial charge is 0.465 e. The van der Waals surface area contributed by atoms with E-state index in [0.717, 1.165) is 44.0 Å². The van der Waals surface area contributed by atoms with Crippen LogP contribution in [0.4, 0.5) is 0 Å². The Bertz CT molecular complexity index is 324. The number of rotatable bonds is 3. The van der Waals surface area contributed by atoms with E-state index in [2.05, 4.69) is 30.9 Å². The lowest BCUT2D eigenvalue weighted by atomic mass is 9.96. The number of aryl methyl sites for hydroxylation is 1. The Labute approximate surface area is 97.6 Å². The molecule has 0 saturated carbocycles. The molecule has 3 nitrogen and oxygen atoms in total. The minimum Gasteiger partial charge on any atom is -0.465 e. The average molecular weight is 222 g/mol. The van der Waals surface area contributed by atoms with Gasteiger partial charge in [0.25, 0.3) is 0 Å². The number of likely N-dealkylation sites (tertiary alicyclic amines) is 1. The molecule has 90 valence electrons. The fourth-order valence-electron chi connectivity index (χ4n) is 2.56. The van der Waals surface area contributed by atoms with Crippen molar-refractivity contribution in [1.82, 2.24) is 4.90 Å². The molecule has 0 spiro atoms. The first-order valence-electron chi connectivity index (χ1n) is 6.23. The van der Waals surface area contributed by atoms with Crippen LogP contribution in [0.3, 0.4) is 0 Å². The highest BCUT2D eigenvalue weighted by atomic mass is 16.3. The van der Waals surface area contributed by atoms with Crippen molar-refractivity contribution in [3.05, 3.63) is 23.7 Å². The zero-order valence-corrected chi connectivity index (χ0v) is 10.3. The predicted molar refractivity (Wildman–Crippen MR) is 65.1 cm³/mol. The van der Waals surface area contributed by atoms with Gasteiger partial charge >= 0.3 is 0 Å². The van der Waals surface area contributed by atoms with Gasteiger partial charge in [0.1, 0.15) is 11.5 Å². The summed E-state index contributed by atoms with van der Waals surface area (Å²) in [6.07, 6.45) is 2.12. The van der Waals surface area contributed by atoms with Crippen LogP contribution in [0.1, 0.15) is 31.8 Å². The molecule has 0 radical (unpaired) electrons. The maximum absolute atomic E-state index is 6.03. The molecule has 1 saturated heterocycles. The SMILES string of the molecule is CCc1ccc(CN2CC(C)CC(N)C2)o1. The molecule has 1 aliphatic rings. The second-order valence-electron chi connectivity index (χ2n) is 5.02. The van der Waals surface area contributed by atoms with Gasteiger partial charge in [-0.25, -0.2) is 0 Å². The van der Waals surface area contributed by atoms with E-state index < -0.39 is 0 Å². The van der Waals surface area contributed by atoms with Crippen molar-refractivity contribution in [2.75, 3.05) is 13.1 Å². The molecular weight excluding hydrogens is 200 g/mol. The van der Waals surface area contributed by atoms with Gasteiger partial charge in [-0.05, 0) is 24.5 Å². The maximum Gasteiger partial charge on any atom is 0.118 e. The van der Waals surface area contributed by atoms with E-state index in [9.17, 15) is 0 Å². The average Bonchev–Trinajstić information content (AvgIpc) is 2.64. The van der Waals surface area contributed by atoms with Gasteiger partial charge in [-0.3, -0.25) is 4.90 Å². The highest BCUT2D eigenvalue weighted by Gasteiger charge is 2.22. The fraction of sp³-hybridized carbons (Fsp3) is 0.692. The quantitative estimate of drug-likeness (QED) is 0.850. The minimum atomic E-state index is 0.323. The maximum atomic E-state index is 6.03. The van der Waals surface area contributed by atoms with Crippen LogP contribution in [0.2, 0.25) is 0 Å². The summed E-state index contributed by atoms with van der Waals surface area (Å²) in [6.45, 7) is 7.41. The van der Waals surface area contributed by atoms with Crippen LogP contribution in [-0.2, 0) is 13.0 Å². The number of hydrogen-bond donors (Lipinski definition) is 1. The van der Waals surface area contributed by atoms with Crippen molar-refractivity contribution < 1.29 is 4.42 Å². The first-order chi connectivity index (χ1) is 7.67. The third-order valence-corrected chi connectivity index (χ3v) is 3.21. The van der Waals surface area contributed by atoms with Crippen molar-refractivity contribution >= 4 is 0 Å². The molecular formula is C13H22N2O. The third kappa shape index (κ3) is 2.86. The summed E-state index contributed by atoms with van der Waals surface area (Å²) in [5.74, 6) is 2.84. The second kappa shape index (κ2) is 5.02. The zero-order chi connectivity index (χ0) is 11.5. The van der Waals surface area contributed by atoms with E-state index in [1.807, 2.05) is 0 Å². The highest BCUT2D eigenvalue weighted by Crippen LogP contribution is 2.18. The van der Waals surface area contributed by atoms with E-state index in [-0.39, 0.29) is 0 Å². The fourth-order valence-corrected chi connectivity index (χ4v) is 2.56. The Morgan fingerprint density at radius 1 is 1.38 bits per heavy atom. The molecule has 16 heavy (non-hydrogen) atoms. The van der Waals surface area contributed by atoms with Gasteiger partial charge in [0, 0.05) is 25.6 Å². The number of nitrogens with zero attached hydrogens (tertiary/aromatic N) is 1. The lowest BCUT2D eigenvalue weighted by molar-refractivity contribution is 0.148. The lowest BCUT2D eigenvalue weighted by Crippen LogP contribution is -2.45. The van der Waals surface area contributed by atoms with Crippen LogP contribution >= 0.6 is 0 Å². The summed E-state index contributed by atoms with van der Waals surface area (Å²) in [7, 11) is 0. The molecule has 2 rings (SSSR count). The Morgan fingerprint density at radius 3 is 2.75 bits per heavy atom. The van der Waals surface area contributed by atoms with Gasteiger partial charge in [-0.1, -0.05) is 13.8 Å².